The molecular formula is C33H34F5N7O5. The van der Waals surface area contributed by atoms with Gasteiger partial charge in [0.15, 0.2) is 0 Å². The minimum Gasteiger partial charge on any atom is -0.497 e. The lowest BCUT2D eigenvalue weighted by Crippen LogP contribution is -2.41. The number of halogens is 5. The second kappa shape index (κ2) is 15.1. The second-order valence-corrected chi connectivity index (χ2v) is 11.6. The normalized spacial score (nSPS) is 14.9. The summed E-state index contributed by atoms with van der Waals surface area (Å²) in [6, 6.07) is 9.02. The van der Waals surface area contributed by atoms with Crippen LogP contribution < -0.4 is 24.8 Å². The van der Waals surface area contributed by atoms with Crippen LogP contribution in [0.25, 0.3) is 0 Å². The fourth-order valence-corrected chi connectivity index (χ4v) is 5.39. The SMILES string of the molecule is COc1ccc(CNc2ncc(C(C)(O)COc3ccnc(C(F)(F)F)n3)c(C3CCN(C(=O)Nc4c(F)cccc4F)CC3)n2)c(OC)c1. The Labute approximate surface area is 283 Å². The zero-order valence-corrected chi connectivity index (χ0v) is 27.2. The lowest BCUT2D eigenvalue weighted by molar-refractivity contribution is -0.145. The van der Waals surface area contributed by atoms with Crippen LogP contribution in [0.4, 0.5) is 38.4 Å². The number of carbonyl (C=O) groups is 1. The molecule has 1 unspecified atom stereocenters. The molecule has 2 aromatic carbocycles. The predicted octanol–water partition coefficient (Wildman–Crippen LogP) is 5.89. The number of anilines is 2. The Morgan fingerprint density at radius 2 is 1.74 bits per heavy atom. The van der Waals surface area contributed by atoms with E-state index < -0.39 is 53.4 Å². The van der Waals surface area contributed by atoms with Gasteiger partial charge in [-0.2, -0.15) is 18.2 Å². The summed E-state index contributed by atoms with van der Waals surface area (Å²) in [7, 11) is 3.06. The van der Waals surface area contributed by atoms with Crippen molar-refractivity contribution in [3.8, 4) is 17.4 Å². The Hall–Kier alpha value is -5.32. The smallest absolute Gasteiger partial charge is 0.451 e. The average molecular weight is 704 g/mol. The van der Waals surface area contributed by atoms with E-state index in [1.807, 2.05) is 6.07 Å². The van der Waals surface area contributed by atoms with Gasteiger partial charge in [0.1, 0.15) is 41.0 Å². The van der Waals surface area contributed by atoms with Gasteiger partial charge in [0, 0.05) is 61.2 Å². The van der Waals surface area contributed by atoms with E-state index in [4.69, 9.17) is 19.2 Å². The number of aliphatic hydroxyl groups is 1. The van der Waals surface area contributed by atoms with Crippen molar-refractivity contribution < 1.29 is 46.1 Å². The van der Waals surface area contributed by atoms with Crippen molar-refractivity contribution in [2.45, 2.75) is 44.0 Å². The number of likely N-dealkylation sites (tertiary alicyclic amines) is 1. The maximum Gasteiger partial charge on any atom is 0.451 e. The molecule has 50 heavy (non-hydrogen) atoms. The average Bonchev–Trinajstić information content (AvgIpc) is 3.11. The highest BCUT2D eigenvalue weighted by Crippen LogP contribution is 2.36. The summed E-state index contributed by atoms with van der Waals surface area (Å²) in [5.74, 6) is -2.57. The van der Waals surface area contributed by atoms with Crippen molar-refractivity contribution >= 4 is 17.7 Å². The molecule has 5 rings (SSSR count). The fraction of sp³-hybridized carbons (Fsp3) is 0.364. The topological polar surface area (TPSA) is 144 Å². The number of nitrogens with one attached hydrogen (secondary N) is 2. The van der Waals surface area contributed by atoms with E-state index in [2.05, 4.69) is 25.6 Å². The zero-order valence-electron chi connectivity index (χ0n) is 27.2. The molecule has 1 saturated heterocycles. The highest BCUT2D eigenvalue weighted by molar-refractivity contribution is 5.89. The fourth-order valence-electron chi connectivity index (χ4n) is 5.39. The molecule has 1 fully saturated rings. The number of amides is 2. The quantitative estimate of drug-likeness (QED) is 0.162. The summed E-state index contributed by atoms with van der Waals surface area (Å²) in [5.41, 5.74) is -0.934. The van der Waals surface area contributed by atoms with Crippen LogP contribution in [-0.4, -0.2) is 69.9 Å². The van der Waals surface area contributed by atoms with Crippen molar-refractivity contribution in [1.29, 1.82) is 0 Å². The molecule has 4 aromatic rings. The van der Waals surface area contributed by atoms with Gasteiger partial charge in [0.25, 0.3) is 0 Å². The molecule has 0 radical (unpaired) electrons. The first-order valence-electron chi connectivity index (χ1n) is 15.4. The van der Waals surface area contributed by atoms with Crippen molar-refractivity contribution in [3.63, 3.8) is 0 Å². The van der Waals surface area contributed by atoms with Gasteiger partial charge in [-0.15, -0.1) is 0 Å². The highest BCUT2D eigenvalue weighted by atomic mass is 19.4. The van der Waals surface area contributed by atoms with Crippen LogP contribution in [0.3, 0.4) is 0 Å². The van der Waals surface area contributed by atoms with E-state index in [9.17, 15) is 31.9 Å². The number of para-hydroxylation sites is 1. The van der Waals surface area contributed by atoms with Crippen LogP contribution in [-0.2, 0) is 18.3 Å². The number of aromatic nitrogens is 4. The summed E-state index contributed by atoms with van der Waals surface area (Å²) >= 11 is 0. The molecule has 12 nitrogen and oxygen atoms in total. The van der Waals surface area contributed by atoms with Gasteiger partial charge >= 0.3 is 12.2 Å². The molecule has 1 aliphatic rings. The number of piperidine rings is 1. The number of carbonyl (C=O) groups excluding carboxylic acids is 1. The minimum atomic E-state index is -4.79. The van der Waals surface area contributed by atoms with Gasteiger partial charge in [-0.3, -0.25) is 0 Å². The highest BCUT2D eigenvalue weighted by Gasteiger charge is 2.36. The van der Waals surface area contributed by atoms with Gasteiger partial charge in [-0.1, -0.05) is 6.07 Å². The molecule has 2 amide bonds. The molecule has 3 N–H and O–H groups in total. The van der Waals surface area contributed by atoms with Crippen LogP contribution in [0.15, 0.2) is 54.9 Å². The van der Waals surface area contributed by atoms with Crippen LogP contribution in [0.2, 0.25) is 0 Å². The maximum atomic E-state index is 14.1. The van der Waals surface area contributed by atoms with Crippen molar-refractivity contribution in [3.05, 3.63) is 89.1 Å². The molecule has 2 aromatic heterocycles. The maximum absolute atomic E-state index is 14.1. The Balaban J connectivity index is 1.37. The first kappa shape index (κ1) is 36.0. The second-order valence-electron chi connectivity index (χ2n) is 11.6. The summed E-state index contributed by atoms with van der Waals surface area (Å²) in [5, 5.41) is 17.0. The Morgan fingerprint density at radius 3 is 2.40 bits per heavy atom. The Bertz CT molecular complexity index is 1800. The molecule has 266 valence electrons. The summed E-state index contributed by atoms with van der Waals surface area (Å²) in [4.78, 5) is 30.0. The van der Waals surface area contributed by atoms with E-state index in [0.29, 0.717) is 30.0 Å². The predicted molar refractivity (Wildman–Crippen MR) is 170 cm³/mol. The summed E-state index contributed by atoms with van der Waals surface area (Å²) in [6.07, 6.45) is -1.80. The number of rotatable bonds is 11. The molecular weight excluding hydrogens is 669 g/mol. The van der Waals surface area contributed by atoms with Crippen LogP contribution in [0.5, 0.6) is 17.4 Å². The van der Waals surface area contributed by atoms with Gasteiger partial charge in [-0.05, 0) is 44.0 Å². The summed E-state index contributed by atoms with van der Waals surface area (Å²) in [6.45, 7) is 1.51. The van der Waals surface area contributed by atoms with Crippen LogP contribution >= 0.6 is 0 Å². The van der Waals surface area contributed by atoms with Crippen molar-refractivity contribution in [1.82, 2.24) is 24.8 Å². The molecule has 0 bridgehead atoms. The third-order valence-electron chi connectivity index (χ3n) is 8.08. The number of hydrogen-bond acceptors (Lipinski definition) is 10. The zero-order chi connectivity index (χ0) is 36.1. The molecule has 3 heterocycles. The number of ether oxygens (including phenoxy) is 3. The van der Waals surface area contributed by atoms with E-state index >= 15 is 0 Å². The van der Waals surface area contributed by atoms with Crippen molar-refractivity contribution in [2.75, 3.05) is 44.5 Å². The van der Waals surface area contributed by atoms with Crippen LogP contribution in [0, 0.1) is 11.6 Å². The minimum absolute atomic E-state index is 0.182. The molecule has 0 spiro atoms. The van der Waals surface area contributed by atoms with Gasteiger partial charge in [-0.25, -0.2) is 28.5 Å². The number of benzene rings is 2. The summed E-state index contributed by atoms with van der Waals surface area (Å²) < 4.78 is 84.0. The molecule has 0 saturated carbocycles. The lowest BCUT2D eigenvalue weighted by atomic mass is 9.86. The van der Waals surface area contributed by atoms with Crippen LogP contribution in [0.1, 0.15) is 48.3 Å². The van der Waals surface area contributed by atoms with E-state index in [0.717, 1.165) is 30.0 Å². The number of nitrogens with zero attached hydrogens (tertiary/aromatic N) is 5. The molecule has 17 heteroatoms. The van der Waals surface area contributed by atoms with E-state index in [1.54, 1.807) is 12.1 Å². The largest absolute Gasteiger partial charge is 0.497 e. The first-order chi connectivity index (χ1) is 23.8. The van der Waals surface area contributed by atoms with Crippen molar-refractivity contribution in [2.24, 2.45) is 0 Å². The van der Waals surface area contributed by atoms with E-state index in [1.165, 1.54) is 38.3 Å². The first-order valence-corrected chi connectivity index (χ1v) is 15.4. The Morgan fingerprint density at radius 1 is 1.02 bits per heavy atom. The number of hydrogen-bond donors (Lipinski definition) is 3. The number of urea groups is 1. The third kappa shape index (κ3) is 8.45. The van der Waals surface area contributed by atoms with Gasteiger partial charge in [0.2, 0.25) is 17.7 Å². The standard InChI is InChI=1S/C33H34F5N7O5/c1-32(47,18-50-26-9-12-39-29(42-26)33(36,37)38)22-17-41-30(40-16-20-7-8-21(48-2)15-25(20)49-3)43-27(22)19-10-13-45(14-11-19)31(46)44-28-23(34)5-4-6-24(28)35/h4-9,12,15,17,19,47H,10-11,13-14,16,18H2,1-3H3,(H,44,46)(H,40,41,43). The van der Waals surface area contributed by atoms with Gasteiger partial charge < -0.3 is 34.9 Å². The third-order valence-corrected chi connectivity index (χ3v) is 8.08. The Kier molecular flexibility index (Phi) is 10.8. The molecule has 1 aliphatic heterocycles. The lowest BCUT2D eigenvalue weighted by Gasteiger charge is -2.34. The molecule has 0 aliphatic carbocycles. The number of methoxy groups -OCH3 is 2. The monoisotopic (exact) mass is 703 g/mol. The molecule has 1 atom stereocenters. The van der Waals surface area contributed by atoms with Gasteiger partial charge in [0.05, 0.1) is 19.9 Å². The number of alkyl halides is 3. The van der Waals surface area contributed by atoms with E-state index in [-0.39, 0.29) is 37.1 Å².